The highest BCUT2D eigenvalue weighted by Gasteiger charge is 2.20. The number of nitrogens with one attached hydrogen (secondary N) is 1. The minimum atomic E-state index is -0.160. The lowest BCUT2D eigenvalue weighted by molar-refractivity contribution is 0.0733. The van der Waals surface area contributed by atoms with Gasteiger partial charge in [-0.05, 0) is 18.6 Å². The molecule has 0 aliphatic carbocycles. The molecule has 0 aromatic carbocycles. The molecule has 1 aliphatic heterocycles. The first-order valence-corrected chi connectivity index (χ1v) is 7.43. The van der Waals surface area contributed by atoms with Crippen molar-refractivity contribution in [3.8, 4) is 0 Å². The van der Waals surface area contributed by atoms with Crippen LogP contribution >= 0.6 is 0 Å². The minimum Gasteiger partial charge on any atom is -0.336 e. The smallest absolute Gasteiger partial charge is 0.263 e. The predicted molar refractivity (Wildman–Crippen MR) is 79.0 cm³/mol. The number of hydrogen-bond donors (Lipinski definition) is 1. The molecule has 2 rings (SSSR count). The summed E-state index contributed by atoms with van der Waals surface area (Å²) in [5, 5.41) is 3.20. The SMILES string of the molecule is CCCCCn1cccc(C(=O)N2CCNCC2)c1=O. The topological polar surface area (TPSA) is 54.3 Å². The molecule has 1 amide bonds. The van der Waals surface area contributed by atoms with Gasteiger partial charge in [-0.15, -0.1) is 0 Å². The van der Waals surface area contributed by atoms with E-state index in [1.54, 1.807) is 27.8 Å². The van der Waals surface area contributed by atoms with Crippen molar-refractivity contribution in [2.45, 2.75) is 32.7 Å². The summed E-state index contributed by atoms with van der Waals surface area (Å²) in [5.41, 5.74) is 0.137. The normalized spacial score (nSPS) is 15.3. The number of carbonyl (C=O) groups excluding carboxylic acids is 1. The van der Waals surface area contributed by atoms with Crippen LogP contribution in [0.3, 0.4) is 0 Å². The molecular weight excluding hydrogens is 254 g/mol. The van der Waals surface area contributed by atoms with Crippen molar-refractivity contribution in [3.63, 3.8) is 0 Å². The third-order valence-electron chi connectivity index (χ3n) is 3.66. The second-order valence-corrected chi connectivity index (χ2v) is 5.17. The lowest BCUT2D eigenvalue weighted by Crippen LogP contribution is -2.47. The molecule has 0 spiro atoms. The number of carbonyl (C=O) groups is 1. The fourth-order valence-corrected chi connectivity index (χ4v) is 2.45. The number of pyridine rings is 1. The average molecular weight is 277 g/mol. The first kappa shape index (κ1) is 14.8. The van der Waals surface area contributed by atoms with Crippen LogP contribution in [-0.4, -0.2) is 41.6 Å². The van der Waals surface area contributed by atoms with Crippen molar-refractivity contribution in [2.24, 2.45) is 0 Å². The first-order valence-electron chi connectivity index (χ1n) is 7.43. The van der Waals surface area contributed by atoms with E-state index in [-0.39, 0.29) is 11.5 Å². The van der Waals surface area contributed by atoms with E-state index < -0.39 is 0 Å². The van der Waals surface area contributed by atoms with Crippen molar-refractivity contribution in [2.75, 3.05) is 26.2 Å². The molecule has 1 fully saturated rings. The second kappa shape index (κ2) is 7.24. The Morgan fingerprint density at radius 1 is 1.30 bits per heavy atom. The molecule has 0 saturated carbocycles. The summed E-state index contributed by atoms with van der Waals surface area (Å²) in [7, 11) is 0. The van der Waals surface area contributed by atoms with E-state index >= 15 is 0 Å². The number of unbranched alkanes of at least 4 members (excludes halogenated alkanes) is 2. The van der Waals surface area contributed by atoms with Crippen LogP contribution in [-0.2, 0) is 6.54 Å². The van der Waals surface area contributed by atoms with Crippen LogP contribution in [0.4, 0.5) is 0 Å². The highest BCUT2D eigenvalue weighted by Crippen LogP contribution is 2.03. The second-order valence-electron chi connectivity index (χ2n) is 5.17. The zero-order valence-electron chi connectivity index (χ0n) is 12.1. The molecule has 20 heavy (non-hydrogen) atoms. The van der Waals surface area contributed by atoms with Crippen molar-refractivity contribution in [1.82, 2.24) is 14.8 Å². The van der Waals surface area contributed by atoms with Gasteiger partial charge >= 0.3 is 0 Å². The lowest BCUT2D eigenvalue weighted by Gasteiger charge is -2.27. The van der Waals surface area contributed by atoms with E-state index in [4.69, 9.17) is 0 Å². The molecule has 0 radical (unpaired) electrons. The summed E-state index contributed by atoms with van der Waals surface area (Å²) in [5.74, 6) is -0.138. The van der Waals surface area contributed by atoms with Crippen LogP contribution < -0.4 is 10.9 Å². The zero-order valence-corrected chi connectivity index (χ0v) is 12.1. The van der Waals surface area contributed by atoms with Crippen molar-refractivity contribution in [1.29, 1.82) is 0 Å². The van der Waals surface area contributed by atoms with E-state index in [1.165, 1.54) is 0 Å². The number of amides is 1. The Hall–Kier alpha value is -1.62. The summed E-state index contributed by atoms with van der Waals surface area (Å²) < 4.78 is 1.66. The Labute approximate surface area is 119 Å². The maximum Gasteiger partial charge on any atom is 0.263 e. The highest BCUT2D eigenvalue weighted by atomic mass is 16.2. The van der Waals surface area contributed by atoms with E-state index in [9.17, 15) is 9.59 Å². The fourth-order valence-electron chi connectivity index (χ4n) is 2.45. The molecule has 0 unspecified atom stereocenters. The van der Waals surface area contributed by atoms with E-state index in [0.29, 0.717) is 25.2 Å². The van der Waals surface area contributed by atoms with Gasteiger partial charge in [-0.1, -0.05) is 19.8 Å². The molecule has 1 aromatic heterocycles. The molecule has 1 aliphatic rings. The molecule has 5 nitrogen and oxygen atoms in total. The quantitative estimate of drug-likeness (QED) is 0.820. The summed E-state index contributed by atoms with van der Waals surface area (Å²) in [6.45, 7) is 5.75. The van der Waals surface area contributed by atoms with E-state index in [0.717, 1.165) is 32.4 Å². The average Bonchev–Trinajstić information content (AvgIpc) is 2.49. The van der Waals surface area contributed by atoms with Crippen LogP contribution in [0.1, 0.15) is 36.5 Å². The molecule has 2 heterocycles. The summed E-state index contributed by atoms with van der Waals surface area (Å²) in [6.07, 6.45) is 4.96. The third kappa shape index (κ3) is 3.48. The number of aromatic nitrogens is 1. The molecule has 1 saturated heterocycles. The third-order valence-corrected chi connectivity index (χ3v) is 3.66. The molecule has 5 heteroatoms. The lowest BCUT2D eigenvalue weighted by atomic mass is 10.2. The van der Waals surface area contributed by atoms with Gasteiger partial charge in [0.05, 0.1) is 0 Å². The number of piperazine rings is 1. The van der Waals surface area contributed by atoms with Crippen molar-refractivity contribution >= 4 is 5.91 Å². The Balaban J connectivity index is 2.12. The minimum absolute atomic E-state index is 0.138. The van der Waals surface area contributed by atoms with Gasteiger partial charge < -0.3 is 14.8 Å². The fraction of sp³-hybridized carbons (Fsp3) is 0.600. The van der Waals surface area contributed by atoms with E-state index in [2.05, 4.69) is 12.2 Å². The predicted octanol–water partition coefficient (Wildman–Crippen LogP) is 1.08. The molecular formula is C15H23N3O2. The molecule has 1 N–H and O–H groups in total. The van der Waals surface area contributed by atoms with Gasteiger partial charge in [-0.25, -0.2) is 0 Å². The largest absolute Gasteiger partial charge is 0.336 e. The van der Waals surface area contributed by atoms with Crippen molar-refractivity contribution < 1.29 is 4.79 Å². The molecule has 110 valence electrons. The maximum absolute atomic E-state index is 12.4. The Kier molecular flexibility index (Phi) is 5.35. The zero-order chi connectivity index (χ0) is 14.4. The molecule has 0 atom stereocenters. The Morgan fingerprint density at radius 2 is 2.05 bits per heavy atom. The number of nitrogens with zero attached hydrogens (tertiary/aromatic N) is 2. The van der Waals surface area contributed by atoms with Gasteiger partial charge in [0, 0.05) is 38.9 Å². The molecule has 0 bridgehead atoms. The van der Waals surface area contributed by atoms with Gasteiger partial charge in [0.2, 0.25) is 0 Å². The number of rotatable bonds is 5. The van der Waals surface area contributed by atoms with Crippen LogP contribution in [0.15, 0.2) is 23.1 Å². The van der Waals surface area contributed by atoms with Crippen molar-refractivity contribution in [3.05, 3.63) is 34.2 Å². The maximum atomic E-state index is 12.4. The standard InChI is InChI=1S/C15H23N3O2/c1-2-3-4-9-17-10-5-6-13(14(17)19)15(20)18-11-7-16-8-12-18/h5-6,10,16H,2-4,7-9,11-12H2,1H3. The monoisotopic (exact) mass is 277 g/mol. The van der Waals surface area contributed by atoms with Crippen LogP contribution in [0.25, 0.3) is 0 Å². The molecule has 1 aromatic rings. The summed E-state index contributed by atoms with van der Waals surface area (Å²) in [4.78, 5) is 26.5. The van der Waals surface area contributed by atoms with Crippen LogP contribution in [0.2, 0.25) is 0 Å². The highest BCUT2D eigenvalue weighted by molar-refractivity contribution is 5.93. The number of aryl methyl sites for hydroxylation is 1. The van der Waals surface area contributed by atoms with Gasteiger partial charge in [-0.3, -0.25) is 9.59 Å². The first-order chi connectivity index (χ1) is 9.74. The summed E-state index contributed by atoms with van der Waals surface area (Å²) >= 11 is 0. The van der Waals surface area contributed by atoms with Gasteiger partial charge in [0.15, 0.2) is 0 Å². The van der Waals surface area contributed by atoms with Gasteiger partial charge in [0.25, 0.3) is 11.5 Å². The van der Waals surface area contributed by atoms with Crippen LogP contribution in [0, 0.1) is 0 Å². The summed E-state index contributed by atoms with van der Waals surface area (Å²) in [6, 6.07) is 3.44. The Bertz CT molecular complexity index is 504. The van der Waals surface area contributed by atoms with Gasteiger partial charge in [0.1, 0.15) is 5.56 Å². The van der Waals surface area contributed by atoms with Crippen LogP contribution in [0.5, 0.6) is 0 Å². The van der Waals surface area contributed by atoms with E-state index in [1.807, 2.05) is 0 Å². The Morgan fingerprint density at radius 3 is 2.75 bits per heavy atom. The number of hydrogen-bond acceptors (Lipinski definition) is 3. The van der Waals surface area contributed by atoms with Gasteiger partial charge in [-0.2, -0.15) is 0 Å².